The van der Waals surface area contributed by atoms with Crippen LogP contribution in [0.3, 0.4) is 0 Å². The third-order valence-electron chi connectivity index (χ3n) is 4.37. The summed E-state index contributed by atoms with van der Waals surface area (Å²) >= 11 is 0. The van der Waals surface area contributed by atoms with Crippen molar-refractivity contribution in [2.45, 2.75) is 38.8 Å². The number of carboxylic acid groups (broad SMARTS) is 1. The van der Waals surface area contributed by atoms with Gasteiger partial charge in [0.05, 0.1) is 18.0 Å². The summed E-state index contributed by atoms with van der Waals surface area (Å²) in [5.74, 6) is -1.67. The summed E-state index contributed by atoms with van der Waals surface area (Å²) < 4.78 is 1.81. The van der Waals surface area contributed by atoms with Crippen LogP contribution in [0.15, 0.2) is 36.5 Å². The minimum Gasteiger partial charge on any atom is -0.481 e. The van der Waals surface area contributed by atoms with E-state index in [0.717, 1.165) is 11.1 Å². The average molecular weight is 327 g/mol. The number of fused-ring (bicyclic) bond motifs is 1. The Morgan fingerprint density at radius 1 is 1.29 bits per heavy atom. The molecule has 3 rings (SSSR count). The van der Waals surface area contributed by atoms with Crippen molar-refractivity contribution in [3.05, 3.63) is 53.3 Å². The van der Waals surface area contributed by atoms with Crippen molar-refractivity contribution in [3.63, 3.8) is 0 Å². The number of aromatic nitrogens is 2. The van der Waals surface area contributed by atoms with Gasteiger partial charge in [-0.25, -0.2) is 0 Å². The summed E-state index contributed by atoms with van der Waals surface area (Å²) in [6.07, 6.45) is 2.05. The first-order valence-corrected chi connectivity index (χ1v) is 8.08. The van der Waals surface area contributed by atoms with Crippen molar-refractivity contribution in [1.82, 2.24) is 14.7 Å². The fraction of sp³-hybridized carbons (Fsp3) is 0.389. The number of aliphatic carboxylic acids is 1. The minimum atomic E-state index is -0.899. The highest BCUT2D eigenvalue weighted by atomic mass is 16.4. The number of carbonyl (C=O) groups is 2. The molecule has 6 heteroatoms. The molecule has 1 N–H and O–H groups in total. The Balaban J connectivity index is 1.77. The summed E-state index contributed by atoms with van der Waals surface area (Å²) in [5.41, 5.74) is 2.41. The first-order chi connectivity index (χ1) is 11.5. The van der Waals surface area contributed by atoms with Gasteiger partial charge in [0.1, 0.15) is 0 Å². The second-order valence-corrected chi connectivity index (χ2v) is 6.42. The number of carboxylic acids is 1. The van der Waals surface area contributed by atoms with Gasteiger partial charge >= 0.3 is 5.97 Å². The fourth-order valence-electron chi connectivity index (χ4n) is 3.03. The Bertz CT molecular complexity index is 766. The van der Waals surface area contributed by atoms with Crippen molar-refractivity contribution in [1.29, 1.82) is 0 Å². The Morgan fingerprint density at radius 3 is 2.71 bits per heavy atom. The van der Waals surface area contributed by atoms with Crippen molar-refractivity contribution in [2.24, 2.45) is 0 Å². The van der Waals surface area contributed by atoms with Gasteiger partial charge in [-0.3, -0.25) is 14.3 Å². The van der Waals surface area contributed by atoms with E-state index in [1.165, 1.54) is 0 Å². The normalized spacial score (nSPS) is 17.0. The Morgan fingerprint density at radius 2 is 2.04 bits per heavy atom. The quantitative estimate of drug-likeness (QED) is 0.934. The number of rotatable bonds is 4. The highest BCUT2D eigenvalue weighted by Crippen LogP contribution is 2.28. The molecule has 1 amide bonds. The Kier molecular flexibility index (Phi) is 4.38. The molecular weight excluding hydrogens is 306 g/mol. The highest BCUT2D eigenvalue weighted by molar-refractivity contribution is 5.82. The third-order valence-corrected chi connectivity index (χ3v) is 4.37. The molecule has 2 aromatic rings. The molecule has 1 aromatic carbocycles. The minimum absolute atomic E-state index is 0.0928. The molecule has 1 atom stereocenters. The molecule has 0 fully saturated rings. The van der Waals surface area contributed by atoms with Crippen LogP contribution in [-0.2, 0) is 22.6 Å². The van der Waals surface area contributed by atoms with Gasteiger partial charge in [0.15, 0.2) is 0 Å². The van der Waals surface area contributed by atoms with Gasteiger partial charge < -0.3 is 10.0 Å². The van der Waals surface area contributed by atoms with E-state index in [2.05, 4.69) is 5.10 Å². The molecule has 0 saturated heterocycles. The largest absolute Gasteiger partial charge is 0.481 e. The maximum atomic E-state index is 12.6. The molecule has 0 aliphatic carbocycles. The van der Waals surface area contributed by atoms with Crippen LogP contribution in [0.1, 0.15) is 42.6 Å². The predicted octanol–water partition coefficient (Wildman–Crippen LogP) is 2.22. The van der Waals surface area contributed by atoms with E-state index in [1.807, 2.05) is 55.1 Å². The number of nitrogens with zero attached hydrogens (tertiary/aromatic N) is 3. The van der Waals surface area contributed by atoms with Crippen molar-refractivity contribution < 1.29 is 14.7 Å². The molecular formula is C18H21N3O3. The zero-order valence-corrected chi connectivity index (χ0v) is 13.8. The van der Waals surface area contributed by atoms with E-state index in [1.54, 1.807) is 4.90 Å². The summed E-state index contributed by atoms with van der Waals surface area (Å²) in [5, 5.41) is 13.9. The summed E-state index contributed by atoms with van der Waals surface area (Å²) in [6, 6.07) is 9.51. The number of hydrogen-bond donors (Lipinski definition) is 1. The second-order valence-electron chi connectivity index (χ2n) is 6.42. The van der Waals surface area contributed by atoms with Crippen LogP contribution in [0.5, 0.6) is 0 Å². The van der Waals surface area contributed by atoms with Crippen LogP contribution in [0.2, 0.25) is 0 Å². The van der Waals surface area contributed by atoms with Crippen molar-refractivity contribution in [2.75, 3.05) is 6.54 Å². The molecule has 0 spiro atoms. The number of amides is 1. The molecule has 2 heterocycles. The van der Waals surface area contributed by atoms with Crippen molar-refractivity contribution in [3.8, 4) is 0 Å². The molecule has 0 radical (unpaired) electrons. The lowest BCUT2D eigenvalue weighted by Gasteiger charge is -2.32. The van der Waals surface area contributed by atoms with E-state index in [9.17, 15) is 14.7 Å². The average Bonchev–Trinajstić information content (AvgIpc) is 3.02. The second kappa shape index (κ2) is 6.47. The first-order valence-electron chi connectivity index (χ1n) is 8.08. The van der Waals surface area contributed by atoms with Gasteiger partial charge in [-0.2, -0.15) is 5.10 Å². The van der Waals surface area contributed by atoms with E-state index >= 15 is 0 Å². The van der Waals surface area contributed by atoms with Gasteiger partial charge in [0, 0.05) is 25.3 Å². The predicted molar refractivity (Wildman–Crippen MR) is 88.6 cm³/mol. The zero-order chi connectivity index (χ0) is 17.3. The molecule has 6 nitrogen and oxygen atoms in total. The summed E-state index contributed by atoms with van der Waals surface area (Å²) in [6.45, 7) is 4.70. The van der Waals surface area contributed by atoms with Gasteiger partial charge in [0.25, 0.3) is 0 Å². The van der Waals surface area contributed by atoms with Crippen LogP contribution < -0.4 is 0 Å². The molecule has 1 aliphatic rings. The maximum absolute atomic E-state index is 12.6. The zero-order valence-electron chi connectivity index (χ0n) is 13.8. The smallest absolute Gasteiger partial charge is 0.312 e. The number of carbonyl (C=O) groups excluding carboxylic acids is 1. The molecule has 24 heavy (non-hydrogen) atoms. The standard InChI is InChI=1S/C18H21N3O3/c1-12(2)21-8-7-14(19-21)9-17(22)20-10-13-5-3-4-6-15(13)16(11-20)18(23)24/h3-8,12,16H,9-11H2,1-2H3,(H,23,24). The maximum Gasteiger partial charge on any atom is 0.312 e. The van der Waals surface area contributed by atoms with Crippen LogP contribution in [0.4, 0.5) is 0 Å². The molecule has 126 valence electrons. The lowest BCUT2D eigenvalue weighted by atomic mass is 9.89. The van der Waals surface area contributed by atoms with Gasteiger partial charge in [-0.05, 0) is 31.0 Å². The molecule has 0 saturated carbocycles. The molecule has 0 bridgehead atoms. The Hall–Kier alpha value is -2.63. The van der Waals surface area contributed by atoms with Gasteiger partial charge in [0.2, 0.25) is 5.91 Å². The van der Waals surface area contributed by atoms with Crippen molar-refractivity contribution >= 4 is 11.9 Å². The van der Waals surface area contributed by atoms with Crippen LogP contribution in [0, 0.1) is 0 Å². The SMILES string of the molecule is CC(C)n1ccc(CC(=O)N2Cc3ccccc3C(C(=O)O)C2)n1. The fourth-order valence-corrected chi connectivity index (χ4v) is 3.03. The molecule has 1 unspecified atom stereocenters. The molecule has 1 aliphatic heterocycles. The highest BCUT2D eigenvalue weighted by Gasteiger charge is 2.32. The monoisotopic (exact) mass is 327 g/mol. The van der Waals surface area contributed by atoms with Crippen LogP contribution in [0.25, 0.3) is 0 Å². The third kappa shape index (κ3) is 3.18. The topological polar surface area (TPSA) is 75.4 Å². The number of benzene rings is 1. The first kappa shape index (κ1) is 16.2. The van der Waals surface area contributed by atoms with E-state index < -0.39 is 11.9 Å². The van der Waals surface area contributed by atoms with E-state index in [0.29, 0.717) is 12.2 Å². The number of hydrogen-bond acceptors (Lipinski definition) is 3. The van der Waals surface area contributed by atoms with Gasteiger partial charge in [-0.1, -0.05) is 24.3 Å². The van der Waals surface area contributed by atoms with Gasteiger partial charge in [-0.15, -0.1) is 0 Å². The van der Waals surface area contributed by atoms with Crippen LogP contribution >= 0.6 is 0 Å². The summed E-state index contributed by atoms with van der Waals surface area (Å²) in [4.78, 5) is 25.8. The Labute approximate surface area is 140 Å². The van der Waals surface area contributed by atoms with E-state index in [-0.39, 0.29) is 24.9 Å². The van der Waals surface area contributed by atoms with E-state index in [4.69, 9.17) is 0 Å². The molecule has 1 aromatic heterocycles. The lowest BCUT2D eigenvalue weighted by Crippen LogP contribution is -2.41. The summed E-state index contributed by atoms with van der Waals surface area (Å²) in [7, 11) is 0. The van der Waals surface area contributed by atoms with Crippen LogP contribution in [-0.4, -0.2) is 38.2 Å². The lowest BCUT2D eigenvalue weighted by molar-refractivity contribution is -0.141.